The Morgan fingerprint density at radius 2 is 1.38 bits per heavy atom. The standard InChI is InChI=1S/C31H28N8O/c1-17-6-8-22(9-7-17)35-36-23-10-12-27(18(2)14-23)37-38-29-19(3)15-25-24(30(29)40)11-13-28-26(25)16-39(28)31-33-20(4)32-21(5)34-31/h6-15,40H,16H2,1-5H3. The lowest BCUT2D eigenvalue weighted by molar-refractivity contribution is 0.482. The predicted octanol–water partition coefficient (Wildman–Crippen LogP) is 8.76. The van der Waals surface area contributed by atoms with Crippen molar-refractivity contribution >= 4 is 45.2 Å². The summed E-state index contributed by atoms with van der Waals surface area (Å²) >= 11 is 0. The Bertz CT molecular complexity index is 1820. The summed E-state index contributed by atoms with van der Waals surface area (Å²) in [5.74, 6) is 2.14. The molecule has 4 aromatic carbocycles. The van der Waals surface area contributed by atoms with Crippen molar-refractivity contribution in [2.45, 2.75) is 41.2 Å². The normalized spacial score (nSPS) is 12.9. The third-order valence-electron chi connectivity index (χ3n) is 6.99. The molecule has 0 saturated carbocycles. The molecule has 5 aromatic rings. The Kier molecular flexibility index (Phi) is 6.26. The van der Waals surface area contributed by atoms with Gasteiger partial charge in [0.15, 0.2) is 5.75 Å². The van der Waals surface area contributed by atoms with Gasteiger partial charge in [0.2, 0.25) is 5.95 Å². The quantitative estimate of drug-likeness (QED) is 0.229. The van der Waals surface area contributed by atoms with Gasteiger partial charge in [0.05, 0.1) is 23.6 Å². The third kappa shape index (κ3) is 4.66. The maximum atomic E-state index is 11.2. The van der Waals surface area contributed by atoms with Crippen LogP contribution in [0.15, 0.2) is 81.1 Å². The average Bonchev–Trinajstić information content (AvgIpc) is 2.89. The largest absolute Gasteiger partial charge is 0.505 e. The van der Waals surface area contributed by atoms with Gasteiger partial charge in [-0.25, -0.2) is 4.98 Å². The van der Waals surface area contributed by atoms with Crippen molar-refractivity contribution in [1.29, 1.82) is 0 Å². The second-order valence-corrected chi connectivity index (χ2v) is 10.1. The fourth-order valence-electron chi connectivity index (χ4n) is 4.86. The smallest absolute Gasteiger partial charge is 0.233 e. The molecule has 0 fully saturated rings. The van der Waals surface area contributed by atoms with Crippen molar-refractivity contribution in [2.75, 3.05) is 4.90 Å². The number of azo groups is 2. The molecule has 0 saturated heterocycles. The van der Waals surface area contributed by atoms with Gasteiger partial charge in [-0.1, -0.05) is 17.7 Å². The van der Waals surface area contributed by atoms with Crippen molar-refractivity contribution in [1.82, 2.24) is 15.0 Å². The van der Waals surface area contributed by atoms with Crippen LogP contribution >= 0.6 is 0 Å². The number of hydrogen-bond acceptors (Lipinski definition) is 9. The van der Waals surface area contributed by atoms with Gasteiger partial charge in [0.1, 0.15) is 17.3 Å². The number of nitrogens with zero attached hydrogens (tertiary/aromatic N) is 8. The van der Waals surface area contributed by atoms with Crippen molar-refractivity contribution in [3.63, 3.8) is 0 Å². The lowest BCUT2D eigenvalue weighted by Gasteiger charge is -2.35. The first-order chi connectivity index (χ1) is 19.3. The van der Waals surface area contributed by atoms with Gasteiger partial charge in [-0.15, -0.1) is 5.11 Å². The van der Waals surface area contributed by atoms with E-state index < -0.39 is 0 Å². The SMILES string of the molecule is Cc1ccc(N=Nc2ccc(N=Nc3c(C)cc4c5c(ccc4c3O)N(c3nc(C)nc(C)n3)C5)c(C)c2)cc1. The van der Waals surface area contributed by atoms with Crippen LogP contribution in [0.25, 0.3) is 10.8 Å². The molecular weight excluding hydrogens is 500 g/mol. The first-order valence-corrected chi connectivity index (χ1v) is 13.0. The average molecular weight is 529 g/mol. The van der Waals surface area contributed by atoms with Crippen LogP contribution in [0, 0.1) is 34.6 Å². The maximum absolute atomic E-state index is 11.2. The number of aromatic hydroxyl groups is 1. The van der Waals surface area contributed by atoms with Crippen LogP contribution in [0.2, 0.25) is 0 Å². The number of phenolic OH excluding ortho intramolecular Hbond substituents is 1. The second kappa shape index (κ2) is 9.92. The highest BCUT2D eigenvalue weighted by Crippen LogP contribution is 2.47. The van der Waals surface area contributed by atoms with E-state index in [-0.39, 0.29) is 5.75 Å². The van der Waals surface area contributed by atoms with Crippen LogP contribution < -0.4 is 4.90 Å². The van der Waals surface area contributed by atoms with Crippen LogP contribution in [-0.2, 0) is 6.54 Å². The van der Waals surface area contributed by atoms with Crippen molar-refractivity contribution in [3.05, 3.63) is 94.6 Å². The molecule has 6 rings (SSSR count). The summed E-state index contributed by atoms with van der Waals surface area (Å²) in [6, 6.07) is 19.5. The molecule has 0 unspecified atom stereocenters. The first kappa shape index (κ1) is 25.2. The summed E-state index contributed by atoms with van der Waals surface area (Å²) in [7, 11) is 0. The molecule has 1 aliphatic heterocycles. The summed E-state index contributed by atoms with van der Waals surface area (Å²) < 4.78 is 0. The monoisotopic (exact) mass is 528 g/mol. The highest BCUT2D eigenvalue weighted by Gasteiger charge is 2.29. The molecule has 1 N–H and O–H groups in total. The molecule has 40 heavy (non-hydrogen) atoms. The molecule has 1 aliphatic rings. The summed E-state index contributed by atoms with van der Waals surface area (Å²) in [5, 5.41) is 30.5. The summed E-state index contributed by atoms with van der Waals surface area (Å²) in [4.78, 5) is 15.3. The second-order valence-electron chi connectivity index (χ2n) is 10.1. The van der Waals surface area contributed by atoms with Gasteiger partial charge in [0.25, 0.3) is 0 Å². The third-order valence-corrected chi connectivity index (χ3v) is 6.99. The van der Waals surface area contributed by atoms with Crippen LogP contribution in [0.3, 0.4) is 0 Å². The lowest BCUT2D eigenvalue weighted by Crippen LogP contribution is -2.30. The first-order valence-electron chi connectivity index (χ1n) is 13.0. The Labute approximate surface area is 232 Å². The number of benzene rings is 4. The molecule has 9 heteroatoms. The molecule has 0 amide bonds. The number of anilines is 2. The summed E-state index contributed by atoms with van der Waals surface area (Å²) in [6.07, 6.45) is 0. The Hall–Kier alpha value is -5.05. The number of aromatic nitrogens is 3. The van der Waals surface area contributed by atoms with Gasteiger partial charge in [-0.05, 0) is 99.7 Å². The molecule has 1 aromatic heterocycles. The van der Waals surface area contributed by atoms with Crippen molar-refractivity contribution in [2.24, 2.45) is 20.5 Å². The molecule has 0 atom stereocenters. The van der Waals surface area contributed by atoms with Crippen molar-refractivity contribution < 1.29 is 5.11 Å². The van der Waals surface area contributed by atoms with Crippen molar-refractivity contribution in [3.8, 4) is 5.75 Å². The maximum Gasteiger partial charge on any atom is 0.233 e. The van der Waals surface area contributed by atoms with E-state index in [4.69, 9.17) is 0 Å². The molecule has 0 aliphatic carbocycles. The minimum absolute atomic E-state index is 0.119. The zero-order valence-electron chi connectivity index (χ0n) is 23.0. The molecule has 0 bridgehead atoms. The van der Waals surface area contributed by atoms with Gasteiger partial charge >= 0.3 is 0 Å². The van der Waals surface area contributed by atoms with Crippen LogP contribution in [0.5, 0.6) is 5.75 Å². The van der Waals surface area contributed by atoms with E-state index in [9.17, 15) is 5.11 Å². The van der Waals surface area contributed by atoms with Crippen LogP contribution in [0.1, 0.15) is 33.9 Å². The Balaban J connectivity index is 1.26. The lowest BCUT2D eigenvalue weighted by atomic mass is 9.93. The number of rotatable bonds is 5. The fourth-order valence-corrected chi connectivity index (χ4v) is 4.86. The highest BCUT2D eigenvalue weighted by molar-refractivity contribution is 6.01. The summed E-state index contributed by atoms with van der Waals surface area (Å²) in [5.41, 5.74) is 7.78. The molecular formula is C31H28N8O. The molecule has 9 nitrogen and oxygen atoms in total. The van der Waals surface area contributed by atoms with E-state index >= 15 is 0 Å². The van der Waals surface area contributed by atoms with Crippen LogP contribution in [-0.4, -0.2) is 20.1 Å². The fraction of sp³-hybridized carbons (Fsp3) is 0.194. The molecule has 198 valence electrons. The Morgan fingerprint density at radius 1 is 0.675 bits per heavy atom. The predicted molar refractivity (Wildman–Crippen MR) is 156 cm³/mol. The highest BCUT2D eigenvalue weighted by atomic mass is 16.3. The number of aryl methyl sites for hydroxylation is 5. The molecule has 0 spiro atoms. The van der Waals surface area contributed by atoms with Gasteiger partial charge in [-0.3, -0.25) is 0 Å². The Morgan fingerprint density at radius 3 is 2.10 bits per heavy atom. The minimum Gasteiger partial charge on any atom is -0.505 e. The van der Waals surface area contributed by atoms with E-state index in [1.165, 1.54) is 5.56 Å². The van der Waals surface area contributed by atoms with Crippen LogP contribution in [0.4, 0.5) is 34.4 Å². The topological polar surface area (TPSA) is 112 Å². The molecule has 0 radical (unpaired) electrons. The van der Waals surface area contributed by atoms with Gasteiger partial charge in [0, 0.05) is 16.6 Å². The minimum atomic E-state index is 0.119. The van der Waals surface area contributed by atoms with E-state index in [0.717, 1.165) is 44.5 Å². The van der Waals surface area contributed by atoms with Gasteiger partial charge < -0.3 is 10.0 Å². The van der Waals surface area contributed by atoms with E-state index in [1.807, 2.05) is 89.2 Å². The molecule has 2 heterocycles. The zero-order valence-corrected chi connectivity index (χ0v) is 23.0. The number of hydrogen-bond donors (Lipinski definition) is 1. The van der Waals surface area contributed by atoms with E-state index in [0.29, 0.717) is 35.5 Å². The zero-order chi connectivity index (χ0) is 28.0. The number of fused-ring (bicyclic) bond motifs is 3. The summed E-state index contributed by atoms with van der Waals surface area (Å²) in [6.45, 7) is 10.3. The number of phenols is 1. The van der Waals surface area contributed by atoms with E-state index in [2.05, 4.69) is 46.4 Å². The van der Waals surface area contributed by atoms with Gasteiger partial charge in [-0.2, -0.15) is 25.3 Å². The van der Waals surface area contributed by atoms with E-state index in [1.54, 1.807) is 0 Å².